The lowest BCUT2D eigenvalue weighted by atomic mass is 10.1. The largest absolute Gasteiger partial charge is 0.494 e. The molecular weight excluding hydrogens is 394 g/mol. The minimum atomic E-state index is -4.08. The maximum absolute atomic E-state index is 12.1. The highest BCUT2D eigenvalue weighted by Crippen LogP contribution is 2.21. The van der Waals surface area contributed by atoms with Gasteiger partial charge in [0.1, 0.15) is 10.6 Å². The normalized spacial score (nSPS) is 10.9. The topological polar surface area (TPSA) is 128 Å². The molecule has 27 heavy (non-hydrogen) atoms. The average Bonchev–Trinajstić information content (AvgIpc) is 2.61. The molecule has 0 fully saturated rings. The predicted octanol–water partition coefficient (Wildman–Crippen LogP) is 1.39. The number of benzene rings is 2. The van der Waals surface area contributed by atoms with Gasteiger partial charge in [-0.3, -0.25) is 20.4 Å². The van der Waals surface area contributed by atoms with Gasteiger partial charge in [0.15, 0.2) is 0 Å². The lowest BCUT2D eigenvalue weighted by Gasteiger charge is -2.09. The van der Waals surface area contributed by atoms with Crippen LogP contribution in [0.3, 0.4) is 0 Å². The molecule has 10 heteroatoms. The third kappa shape index (κ3) is 5.95. The summed E-state index contributed by atoms with van der Waals surface area (Å²) in [7, 11) is -4.08. The lowest BCUT2D eigenvalue weighted by molar-refractivity contribution is -0.121. The first-order chi connectivity index (χ1) is 12.7. The van der Waals surface area contributed by atoms with Gasteiger partial charge >= 0.3 is 0 Å². The Bertz CT molecular complexity index is 946. The molecule has 0 unspecified atom stereocenters. The quantitative estimate of drug-likeness (QED) is 0.619. The number of halogens is 1. The number of primary sulfonamides is 1. The summed E-state index contributed by atoms with van der Waals surface area (Å²) in [6.45, 7) is 2.42. The molecule has 2 amide bonds. The fourth-order valence-corrected chi connectivity index (χ4v) is 3.23. The molecule has 0 bridgehead atoms. The van der Waals surface area contributed by atoms with Crippen LogP contribution in [0.25, 0.3) is 0 Å². The number of carbonyl (C=O) groups excluding carboxylic acids is 2. The lowest BCUT2D eigenvalue weighted by Crippen LogP contribution is -2.42. The van der Waals surface area contributed by atoms with Crippen LogP contribution in [0.15, 0.2) is 47.4 Å². The molecule has 0 saturated carbocycles. The van der Waals surface area contributed by atoms with Crippen molar-refractivity contribution < 1.29 is 22.7 Å². The van der Waals surface area contributed by atoms with Crippen LogP contribution in [0.1, 0.15) is 22.8 Å². The van der Waals surface area contributed by atoms with Gasteiger partial charge in [-0.2, -0.15) is 0 Å². The number of hydrazine groups is 1. The Labute approximate surface area is 161 Å². The summed E-state index contributed by atoms with van der Waals surface area (Å²) in [4.78, 5) is 23.7. The summed E-state index contributed by atoms with van der Waals surface area (Å²) in [5, 5.41) is 4.94. The number of hydrogen-bond donors (Lipinski definition) is 3. The van der Waals surface area contributed by atoms with Gasteiger partial charge in [-0.05, 0) is 42.8 Å². The van der Waals surface area contributed by atoms with Crippen LogP contribution in [0.2, 0.25) is 5.02 Å². The van der Waals surface area contributed by atoms with Gasteiger partial charge in [0.25, 0.3) is 5.91 Å². The van der Waals surface area contributed by atoms with Gasteiger partial charge in [0.05, 0.1) is 18.1 Å². The van der Waals surface area contributed by atoms with E-state index in [0.29, 0.717) is 12.4 Å². The molecule has 0 aromatic heterocycles. The predicted molar refractivity (Wildman–Crippen MR) is 99.7 cm³/mol. The number of ether oxygens (including phenoxy) is 1. The third-order valence-corrected chi connectivity index (χ3v) is 4.81. The van der Waals surface area contributed by atoms with E-state index in [1.54, 1.807) is 24.3 Å². The van der Waals surface area contributed by atoms with Crippen molar-refractivity contribution in [1.82, 2.24) is 10.9 Å². The number of nitrogens with two attached hydrogens (primary N) is 1. The van der Waals surface area contributed by atoms with Crippen LogP contribution in [0.5, 0.6) is 5.75 Å². The van der Waals surface area contributed by atoms with E-state index in [4.69, 9.17) is 21.5 Å². The number of hydrogen-bond acceptors (Lipinski definition) is 5. The molecular formula is C17H18ClN3O5S. The Morgan fingerprint density at radius 2 is 1.78 bits per heavy atom. The van der Waals surface area contributed by atoms with Gasteiger partial charge in [0, 0.05) is 5.56 Å². The summed E-state index contributed by atoms with van der Waals surface area (Å²) in [6.07, 6.45) is 0.0374. The molecule has 0 radical (unpaired) electrons. The van der Waals surface area contributed by atoms with Crippen molar-refractivity contribution in [1.29, 1.82) is 0 Å². The Kier molecular flexibility index (Phi) is 6.78. The van der Waals surface area contributed by atoms with Gasteiger partial charge in [-0.1, -0.05) is 23.7 Å². The van der Waals surface area contributed by atoms with E-state index < -0.39 is 21.8 Å². The van der Waals surface area contributed by atoms with Gasteiger partial charge in [-0.15, -0.1) is 0 Å². The number of nitrogens with one attached hydrogen (secondary N) is 2. The van der Waals surface area contributed by atoms with Crippen molar-refractivity contribution in [3.8, 4) is 5.75 Å². The van der Waals surface area contributed by atoms with Crippen LogP contribution in [-0.4, -0.2) is 26.8 Å². The monoisotopic (exact) mass is 411 g/mol. The van der Waals surface area contributed by atoms with Crippen LogP contribution in [0.4, 0.5) is 0 Å². The zero-order chi connectivity index (χ0) is 20.0. The molecule has 0 aliphatic heterocycles. The fraction of sp³-hybridized carbons (Fsp3) is 0.176. The van der Waals surface area contributed by atoms with E-state index in [9.17, 15) is 18.0 Å². The van der Waals surface area contributed by atoms with E-state index in [0.717, 1.165) is 11.6 Å². The van der Waals surface area contributed by atoms with Crippen molar-refractivity contribution in [2.75, 3.05) is 6.61 Å². The highest BCUT2D eigenvalue weighted by molar-refractivity contribution is 7.89. The number of sulfonamides is 1. The average molecular weight is 412 g/mol. The molecule has 0 heterocycles. The third-order valence-electron chi connectivity index (χ3n) is 3.41. The molecule has 0 saturated heterocycles. The van der Waals surface area contributed by atoms with Crippen LogP contribution in [0, 0.1) is 0 Å². The first-order valence-corrected chi connectivity index (χ1v) is 9.76. The molecule has 0 atom stereocenters. The van der Waals surface area contributed by atoms with Crippen molar-refractivity contribution >= 4 is 33.4 Å². The summed E-state index contributed by atoms with van der Waals surface area (Å²) in [5.74, 6) is -0.465. The van der Waals surface area contributed by atoms with Gasteiger partial charge in [-0.25, -0.2) is 13.6 Å². The van der Waals surface area contributed by atoms with Crippen LogP contribution < -0.4 is 20.7 Å². The second kappa shape index (κ2) is 8.85. The molecule has 2 rings (SSSR count). The van der Waals surface area contributed by atoms with Crippen molar-refractivity contribution in [2.45, 2.75) is 18.2 Å². The Balaban J connectivity index is 1.96. The maximum atomic E-state index is 12.1. The molecule has 4 N–H and O–H groups in total. The first-order valence-electron chi connectivity index (χ1n) is 7.84. The van der Waals surface area contributed by atoms with E-state index in [-0.39, 0.29) is 21.9 Å². The number of rotatable bonds is 6. The van der Waals surface area contributed by atoms with E-state index in [1.165, 1.54) is 12.1 Å². The standard InChI is InChI=1S/C17H18ClN3O5S/c1-2-26-13-6-3-11(4-7-13)9-16(22)20-21-17(23)12-5-8-14(18)15(10-12)27(19,24)25/h3-8,10H,2,9H2,1H3,(H,20,22)(H,21,23)(H2,19,24,25). The first kappa shape index (κ1) is 20.7. The zero-order valence-corrected chi connectivity index (χ0v) is 15.9. The Morgan fingerprint density at radius 1 is 1.11 bits per heavy atom. The molecule has 0 aliphatic carbocycles. The molecule has 2 aromatic rings. The van der Waals surface area contributed by atoms with E-state index in [2.05, 4.69) is 10.9 Å². The van der Waals surface area contributed by atoms with Crippen molar-refractivity contribution in [3.63, 3.8) is 0 Å². The summed E-state index contributed by atoms with van der Waals surface area (Å²) >= 11 is 5.76. The highest BCUT2D eigenvalue weighted by atomic mass is 35.5. The second-order valence-corrected chi connectivity index (χ2v) is 7.38. The smallest absolute Gasteiger partial charge is 0.269 e. The summed E-state index contributed by atoms with van der Waals surface area (Å²) < 4.78 is 28.2. The summed E-state index contributed by atoms with van der Waals surface area (Å²) in [6, 6.07) is 10.5. The minimum Gasteiger partial charge on any atom is -0.494 e. The van der Waals surface area contributed by atoms with Crippen molar-refractivity contribution in [2.24, 2.45) is 5.14 Å². The van der Waals surface area contributed by atoms with E-state index >= 15 is 0 Å². The van der Waals surface area contributed by atoms with Crippen LogP contribution in [-0.2, 0) is 21.2 Å². The minimum absolute atomic E-state index is 0.0233. The molecule has 0 spiro atoms. The Morgan fingerprint density at radius 3 is 2.37 bits per heavy atom. The number of carbonyl (C=O) groups is 2. The van der Waals surface area contributed by atoms with Gasteiger partial charge in [0.2, 0.25) is 15.9 Å². The number of amides is 2. The summed E-state index contributed by atoms with van der Waals surface area (Å²) in [5.41, 5.74) is 5.17. The second-order valence-electron chi connectivity index (χ2n) is 5.45. The maximum Gasteiger partial charge on any atom is 0.269 e. The fourth-order valence-electron chi connectivity index (χ4n) is 2.16. The van der Waals surface area contributed by atoms with Crippen LogP contribution >= 0.6 is 11.6 Å². The van der Waals surface area contributed by atoms with E-state index in [1.807, 2.05) is 6.92 Å². The highest BCUT2D eigenvalue weighted by Gasteiger charge is 2.16. The molecule has 8 nitrogen and oxygen atoms in total. The van der Waals surface area contributed by atoms with Crippen molar-refractivity contribution in [3.05, 3.63) is 58.6 Å². The zero-order valence-electron chi connectivity index (χ0n) is 14.4. The molecule has 144 valence electrons. The molecule has 0 aliphatic rings. The van der Waals surface area contributed by atoms with Gasteiger partial charge < -0.3 is 4.74 Å². The SMILES string of the molecule is CCOc1ccc(CC(=O)NNC(=O)c2ccc(Cl)c(S(N)(=O)=O)c2)cc1. The Hall–Kier alpha value is -2.62. The molecule has 2 aromatic carbocycles.